The van der Waals surface area contributed by atoms with E-state index in [-0.39, 0.29) is 0 Å². The molecule has 0 unspecified atom stereocenters. The first-order valence-electron chi connectivity index (χ1n) is 7.56. The van der Waals surface area contributed by atoms with Crippen molar-refractivity contribution in [3.05, 3.63) is 35.5 Å². The van der Waals surface area contributed by atoms with E-state index in [1.54, 1.807) is 0 Å². The number of nitrogens with one attached hydrogen (secondary N) is 1. The van der Waals surface area contributed by atoms with E-state index in [2.05, 4.69) is 46.1 Å². The maximum Gasteiger partial charge on any atom is 0.0486 e. The summed E-state index contributed by atoms with van der Waals surface area (Å²) in [5.74, 6) is 0. The Balaban J connectivity index is 2.00. The molecule has 1 fully saturated rings. The van der Waals surface area contributed by atoms with Gasteiger partial charge in [-0.15, -0.1) is 0 Å². The standard InChI is InChI=1S/C16H24N4/c1-2-20-12-14(11-19-8-6-18-7-9-19)16-13(10-17)4-3-5-15(16)20/h3-5,12,18H,2,6-11,17H2,1H3. The lowest BCUT2D eigenvalue weighted by Gasteiger charge is -2.27. The average molecular weight is 272 g/mol. The van der Waals surface area contributed by atoms with Crippen LogP contribution in [-0.2, 0) is 19.6 Å². The predicted molar refractivity (Wildman–Crippen MR) is 83.7 cm³/mol. The van der Waals surface area contributed by atoms with Crippen LogP contribution in [0.1, 0.15) is 18.1 Å². The Labute approximate surface area is 120 Å². The van der Waals surface area contributed by atoms with Crippen LogP contribution in [0.15, 0.2) is 24.4 Å². The first-order valence-corrected chi connectivity index (χ1v) is 7.56. The van der Waals surface area contributed by atoms with Crippen LogP contribution in [-0.4, -0.2) is 35.6 Å². The molecule has 2 heterocycles. The second-order valence-corrected chi connectivity index (χ2v) is 5.48. The van der Waals surface area contributed by atoms with Gasteiger partial charge in [0.05, 0.1) is 0 Å². The Morgan fingerprint density at radius 1 is 1.20 bits per heavy atom. The highest BCUT2D eigenvalue weighted by Gasteiger charge is 2.15. The SMILES string of the molecule is CCn1cc(CN2CCNCC2)c2c(CN)cccc21. The van der Waals surface area contributed by atoms with Gasteiger partial charge in [-0.2, -0.15) is 0 Å². The Hall–Kier alpha value is -1.36. The fraction of sp³-hybridized carbons (Fsp3) is 0.500. The van der Waals surface area contributed by atoms with Crippen LogP contribution in [0.3, 0.4) is 0 Å². The molecule has 0 spiro atoms. The van der Waals surface area contributed by atoms with Crippen molar-refractivity contribution in [2.75, 3.05) is 26.2 Å². The molecule has 20 heavy (non-hydrogen) atoms. The summed E-state index contributed by atoms with van der Waals surface area (Å²) in [6, 6.07) is 6.48. The summed E-state index contributed by atoms with van der Waals surface area (Å²) >= 11 is 0. The van der Waals surface area contributed by atoms with Gasteiger partial charge < -0.3 is 15.6 Å². The third kappa shape index (κ3) is 2.46. The number of aromatic nitrogens is 1. The average Bonchev–Trinajstić information content (AvgIpc) is 2.86. The summed E-state index contributed by atoms with van der Waals surface area (Å²) in [6.07, 6.45) is 2.31. The number of benzene rings is 1. The number of fused-ring (bicyclic) bond motifs is 1. The van der Waals surface area contributed by atoms with E-state index in [0.29, 0.717) is 6.54 Å². The Kier molecular flexibility index (Phi) is 4.05. The van der Waals surface area contributed by atoms with Crippen LogP contribution in [0.25, 0.3) is 10.9 Å². The smallest absolute Gasteiger partial charge is 0.0486 e. The summed E-state index contributed by atoms with van der Waals surface area (Å²) in [4.78, 5) is 2.53. The zero-order valence-corrected chi connectivity index (χ0v) is 12.2. The molecule has 0 aliphatic carbocycles. The molecule has 0 saturated carbocycles. The largest absolute Gasteiger partial charge is 0.347 e. The van der Waals surface area contributed by atoms with Gasteiger partial charge in [-0.25, -0.2) is 0 Å². The molecule has 0 radical (unpaired) electrons. The molecule has 2 aromatic rings. The second kappa shape index (κ2) is 5.95. The molecule has 1 aliphatic heterocycles. The van der Waals surface area contributed by atoms with Gasteiger partial charge >= 0.3 is 0 Å². The predicted octanol–water partition coefficient (Wildman–Crippen LogP) is 1.53. The Morgan fingerprint density at radius 3 is 2.70 bits per heavy atom. The van der Waals surface area contributed by atoms with E-state index in [0.717, 1.165) is 39.3 Å². The molecule has 1 aliphatic rings. The van der Waals surface area contributed by atoms with Crippen molar-refractivity contribution in [1.29, 1.82) is 0 Å². The van der Waals surface area contributed by atoms with Crippen LogP contribution in [0.4, 0.5) is 0 Å². The first-order chi connectivity index (χ1) is 9.83. The van der Waals surface area contributed by atoms with E-state index >= 15 is 0 Å². The van der Waals surface area contributed by atoms with E-state index in [9.17, 15) is 0 Å². The zero-order valence-electron chi connectivity index (χ0n) is 12.2. The van der Waals surface area contributed by atoms with Gasteiger partial charge in [-0.1, -0.05) is 12.1 Å². The summed E-state index contributed by atoms with van der Waals surface area (Å²) in [5, 5.41) is 4.78. The second-order valence-electron chi connectivity index (χ2n) is 5.48. The van der Waals surface area contributed by atoms with Crippen LogP contribution < -0.4 is 11.1 Å². The topological polar surface area (TPSA) is 46.2 Å². The van der Waals surface area contributed by atoms with Crippen LogP contribution in [0, 0.1) is 0 Å². The van der Waals surface area contributed by atoms with Gasteiger partial charge in [-0.05, 0) is 24.1 Å². The highest BCUT2D eigenvalue weighted by atomic mass is 15.2. The lowest BCUT2D eigenvalue weighted by atomic mass is 10.1. The highest BCUT2D eigenvalue weighted by molar-refractivity contribution is 5.87. The number of piperazine rings is 1. The molecule has 0 bridgehead atoms. The van der Waals surface area contributed by atoms with Gasteiger partial charge in [0, 0.05) is 62.9 Å². The van der Waals surface area contributed by atoms with Crippen molar-refractivity contribution in [3.63, 3.8) is 0 Å². The van der Waals surface area contributed by atoms with Crippen molar-refractivity contribution >= 4 is 10.9 Å². The highest BCUT2D eigenvalue weighted by Crippen LogP contribution is 2.26. The summed E-state index contributed by atoms with van der Waals surface area (Å²) in [7, 11) is 0. The molecule has 1 aromatic heterocycles. The van der Waals surface area contributed by atoms with Gasteiger partial charge in [0.2, 0.25) is 0 Å². The van der Waals surface area contributed by atoms with Gasteiger partial charge in [0.15, 0.2) is 0 Å². The number of nitrogens with two attached hydrogens (primary N) is 1. The van der Waals surface area contributed by atoms with Crippen molar-refractivity contribution < 1.29 is 0 Å². The third-order valence-corrected chi connectivity index (χ3v) is 4.24. The van der Waals surface area contributed by atoms with Crippen molar-refractivity contribution in [2.24, 2.45) is 5.73 Å². The monoisotopic (exact) mass is 272 g/mol. The van der Waals surface area contributed by atoms with Crippen LogP contribution in [0.2, 0.25) is 0 Å². The van der Waals surface area contributed by atoms with E-state index < -0.39 is 0 Å². The molecule has 4 heteroatoms. The van der Waals surface area contributed by atoms with Crippen LogP contribution >= 0.6 is 0 Å². The minimum Gasteiger partial charge on any atom is -0.347 e. The molecule has 3 rings (SSSR count). The van der Waals surface area contributed by atoms with E-state index in [1.807, 2.05) is 0 Å². The lowest BCUT2D eigenvalue weighted by molar-refractivity contribution is 0.234. The molecule has 0 atom stereocenters. The van der Waals surface area contributed by atoms with E-state index in [4.69, 9.17) is 5.73 Å². The summed E-state index contributed by atoms with van der Waals surface area (Å²) in [5.41, 5.74) is 9.94. The number of hydrogen-bond donors (Lipinski definition) is 2. The molecule has 1 aromatic carbocycles. The molecular formula is C16H24N4. The Bertz CT molecular complexity index is 581. The lowest BCUT2D eigenvalue weighted by Crippen LogP contribution is -2.42. The number of hydrogen-bond acceptors (Lipinski definition) is 3. The number of nitrogens with zero attached hydrogens (tertiary/aromatic N) is 2. The molecule has 1 saturated heterocycles. The van der Waals surface area contributed by atoms with Gasteiger partial charge in [0.1, 0.15) is 0 Å². The maximum absolute atomic E-state index is 5.94. The van der Waals surface area contributed by atoms with Gasteiger partial charge in [0.25, 0.3) is 0 Å². The number of rotatable bonds is 4. The van der Waals surface area contributed by atoms with Crippen molar-refractivity contribution in [1.82, 2.24) is 14.8 Å². The minimum absolute atomic E-state index is 0.611. The maximum atomic E-state index is 5.94. The van der Waals surface area contributed by atoms with E-state index in [1.165, 1.54) is 22.0 Å². The quantitative estimate of drug-likeness (QED) is 0.887. The molecule has 4 nitrogen and oxygen atoms in total. The Morgan fingerprint density at radius 2 is 2.00 bits per heavy atom. The van der Waals surface area contributed by atoms with Gasteiger partial charge in [-0.3, -0.25) is 4.90 Å². The first kappa shape index (κ1) is 13.6. The van der Waals surface area contributed by atoms with Crippen molar-refractivity contribution in [3.8, 4) is 0 Å². The van der Waals surface area contributed by atoms with Crippen molar-refractivity contribution in [2.45, 2.75) is 26.6 Å². The summed E-state index contributed by atoms with van der Waals surface area (Å²) < 4.78 is 2.34. The number of aryl methyl sites for hydroxylation is 1. The normalized spacial score (nSPS) is 16.9. The zero-order chi connectivity index (χ0) is 13.9. The molecule has 3 N–H and O–H groups in total. The summed E-state index contributed by atoms with van der Waals surface area (Å²) in [6.45, 7) is 9.29. The van der Waals surface area contributed by atoms with Crippen LogP contribution in [0.5, 0.6) is 0 Å². The third-order valence-electron chi connectivity index (χ3n) is 4.24. The fourth-order valence-corrected chi connectivity index (χ4v) is 3.18. The molecular weight excluding hydrogens is 248 g/mol. The fourth-order valence-electron chi connectivity index (χ4n) is 3.18. The minimum atomic E-state index is 0.611. The molecule has 108 valence electrons. The molecule has 0 amide bonds.